The first-order valence-corrected chi connectivity index (χ1v) is 8.08. The molecule has 2 aromatic carbocycles. The number of benzene rings is 2. The summed E-state index contributed by atoms with van der Waals surface area (Å²) < 4.78 is 5.28. The van der Waals surface area contributed by atoms with Crippen molar-refractivity contribution in [3.8, 4) is 5.75 Å². The van der Waals surface area contributed by atoms with Crippen molar-refractivity contribution in [3.05, 3.63) is 53.6 Å². The lowest BCUT2D eigenvalue weighted by molar-refractivity contribution is -0.123. The third-order valence-electron chi connectivity index (χ3n) is 3.67. The minimum atomic E-state index is -0.507. The summed E-state index contributed by atoms with van der Waals surface area (Å²) in [5.41, 5.74) is 2.16. The molecule has 0 spiro atoms. The van der Waals surface area contributed by atoms with E-state index in [1.54, 1.807) is 31.4 Å². The number of hydrogen-bond acceptors (Lipinski definition) is 3. The quantitative estimate of drug-likeness (QED) is 0.875. The second-order valence-electron chi connectivity index (χ2n) is 6.94. The molecule has 0 saturated carbocycles. The summed E-state index contributed by atoms with van der Waals surface area (Å²) in [5.74, 6) is 0.220. The van der Waals surface area contributed by atoms with Crippen molar-refractivity contribution in [1.29, 1.82) is 0 Å². The molecule has 0 radical (unpaired) electrons. The first kappa shape index (κ1) is 18.5. The molecule has 2 aromatic rings. The van der Waals surface area contributed by atoms with Gasteiger partial charge in [-0.05, 0) is 42.8 Å². The van der Waals surface area contributed by atoms with Crippen LogP contribution < -0.4 is 15.4 Å². The van der Waals surface area contributed by atoms with Crippen molar-refractivity contribution in [3.63, 3.8) is 0 Å². The first-order chi connectivity index (χ1) is 11.7. The van der Waals surface area contributed by atoms with Gasteiger partial charge >= 0.3 is 0 Å². The van der Waals surface area contributed by atoms with Crippen molar-refractivity contribution in [2.45, 2.75) is 27.7 Å². The second-order valence-corrected chi connectivity index (χ2v) is 6.94. The fourth-order valence-corrected chi connectivity index (χ4v) is 2.17. The van der Waals surface area contributed by atoms with Crippen LogP contribution in [0.5, 0.6) is 5.75 Å². The number of rotatable bonds is 4. The maximum absolute atomic E-state index is 12.5. The number of methoxy groups -OCH3 is 1. The van der Waals surface area contributed by atoms with Crippen molar-refractivity contribution in [2.75, 3.05) is 17.7 Å². The van der Waals surface area contributed by atoms with Crippen LogP contribution in [-0.2, 0) is 4.79 Å². The Balaban J connectivity index is 2.19. The number of carbonyl (C=O) groups excluding carboxylic acids is 2. The monoisotopic (exact) mass is 340 g/mol. The zero-order valence-electron chi connectivity index (χ0n) is 15.3. The van der Waals surface area contributed by atoms with Crippen molar-refractivity contribution < 1.29 is 14.3 Å². The van der Waals surface area contributed by atoms with E-state index in [2.05, 4.69) is 10.6 Å². The third kappa shape index (κ3) is 4.83. The lowest BCUT2D eigenvalue weighted by atomic mass is 9.95. The van der Waals surface area contributed by atoms with Crippen LogP contribution in [0.1, 0.15) is 36.7 Å². The maximum Gasteiger partial charge on any atom is 0.255 e. The minimum Gasteiger partial charge on any atom is -0.495 e. The molecule has 25 heavy (non-hydrogen) atoms. The highest BCUT2D eigenvalue weighted by Gasteiger charge is 2.21. The van der Waals surface area contributed by atoms with Gasteiger partial charge in [0.25, 0.3) is 5.91 Å². The Labute approximate surface area is 148 Å². The van der Waals surface area contributed by atoms with E-state index in [1.807, 2.05) is 45.9 Å². The lowest BCUT2D eigenvalue weighted by Crippen LogP contribution is -2.27. The van der Waals surface area contributed by atoms with Crippen molar-refractivity contribution in [2.24, 2.45) is 5.41 Å². The number of ether oxygens (including phenoxy) is 1. The smallest absolute Gasteiger partial charge is 0.255 e. The van der Waals surface area contributed by atoms with Gasteiger partial charge in [0.2, 0.25) is 5.91 Å². The van der Waals surface area contributed by atoms with Crippen LogP contribution in [0.3, 0.4) is 0 Å². The number of anilines is 2. The molecule has 0 unspecified atom stereocenters. The van der Waals surface area contributed by atoms with Gasteiger partial charge in [0.15, 0.2) is 0 Å². The Morgan fingerprint density at radius 2 is 1.72 bits per heavy atom. The number of nitrogens with one attached hydrogen (secondary N) is 2. The molecule has 0 aliphatic carbocycles. The number of carbonyl (C=O) groups is 2. The number of hydrogen-bond donors (Lipinski definition) is 2. The molecule has 0 bridgehead atoms. The van der Waals surface area contributed by atoms with E-state index in [-0.39, 0.29) is 11.8 Å². The average molecular weight is 340 g/mol. The van der Waals surface area contributed by atoms with E-state index in [0.717, 1.165) is 5.56 Å². The predicted molar refractivity (Wildman–Crippen MR) is 100 cm³/mol. The molecule has 132 valence electrons. The van der Waals surface area contributed by atoms with Crippen LogP contribution >= 0.6 is 0 Å². The van der Waals surface area contributed by atoms with Gasteiger partial charge in [-0.3, -0.25) is 9.59 Å². The summed E-state index contributed by atoms with van der Waals surface area (Å²) in [6.07, 6.45) is 0. The standard InChI is InChI=1S/C20H24N2O3/c1-13-9-10-17(25-5)16(11-13)22-18(23)14-7-6-8-15(12-14)21-19(24)20(2,3)4/h6-12H,1-5H3,(H,21,24)(H,22,23). The van der Waals surface area contributed by atoms with E-state index < -0.39 is 5.41 Å². The van der Waals surface area contributed by atoms with Crippen LogP contribution in [0.2, 0.25) is 0 Å². The fraction of sp³-hybridized carbons (Fsp3) is 0.300. The molecule has 5 heteroatoms. The Kier molecular flexibility index (Phi) is 5.47. The zero-order valence-corrected chi connectivity index (χ0v) is 15.3. The fourth-order valence-electron chi connectivity index (χ4n) is 2.17. The number of amides is 2. The zero-order chi connectivity index (χ0) is 18.6. The highest BCUT2D eigenvalue weighted by atomic mass is 16.5. The SMILES string of the molecule is COc1ccc(C)cc1NC(=O)c1cccc(NC(=O)C(C)(C)C)c1. The maximum atomic E-state index is 12.5. The van der Waals surface area contributed by atoms with Gasteiger partial charge in [-0.1, -0.05) is 32.9 Å². The van der Waals surface area contributed by atoms with E-state index >= 15 is 0 Å². The lowest BCUT2D eigenvalue weighted by Gasteiger charge is -2.18. The molecule has 2 amide bonds. The summed E-state index contributed by atoms with van der Waals surface area (Å²) in [6, 6.07) is 12.4. The summed E-state index contributed by atoms with van der Waals surface area (Å²) in [6.45, 7) is 7.45. The predicted octanol–water partition coefficient (Wildman–Crippen LogP) is 4.24. The summed E-state index contributed by atoms with van der Waals surface area (Å²) in [5, 5.41) is 5.68. The van der Waals surface area contributed by atoms with Gasteiger partial charge in [0, 0.05) is 16.7 Å². The van der Waals surface area contributed by atoms with Gasteiger partial charge in [0.1, 0.15) is 5.75 Å². The highest BCUT2D eigenvalue weighted by Crippen LogP contribution is 2.26. The Morgan fingerprint density at radius 1 is 1.00 bits per heavy atom. The van der Waals surface area contributed by atoms with E-state index in [9.17, 15) is 9.59 Å². The largest absolute Gasteiger partial charge is 0.495 e. The molecule has 2 rings (SSSR count). The summed E-state index contributed by atoms with van der Waals surface area (Å²) >= 11 is 0. The van der Waals surface area contributed by atoms with E-state index in [0.29, 0.717) is 22.7 Å². The molecule has 2 N–H and O–H groups in total. The van der Waals surface area contributed by atoms with Gasteiger partial charge in [0.05, 0.1) is 12.8 Å². The highest BCUT2D eigenvalue weighted by molar-refractivity contribution is 6.06. The minimum absolute atomic E-state index is 0.106. The van der Waals surface area contributed by atoms with Crippen molar-refractivity contribution in [1.82, 2.24) is 0 Å². The van der Waals surface area contributed by atoms with Gasteiger partial charge < -0.3 is 15.4 Å². The van der Waals surface area contributed by atoms with Gasteiger partial charge in [-0.2, -0.15) is 0 Å². The molecule has 0 fully saturated rings. The molecule has 0 atom stereocenters. The van der Waals surface area contributed by atoms with Crippen LogP contribution in [0.15, 0.2) is 42.5 Å². The third-order valence-corrected chi connectivity index (χ3v) is 3.67. The molecule has 0 aromatic heterocycles. The van der Waals surface area contributed by atoms with Gasteiger partial charge in [-0.15, -0.1) is 0 Å². The molecule has 0 aliphatic rings. The molecule has 0 heterocycles. The topological polar surface area (TPSA) is 67.4 Å². The van der Waals surface area contributed by atoms with Crippen molar-refractivity contribution >= 4 is 23.2 Å². The second kappa shape index (κ2) is 7.38. The molecule has 5 nitrogen and oxygen atoms in total. The Hall–Kier alpha value is -2.82. The van der Waals surface area contributed by atoms with Crippen LogP contribution in [-0.4, -0.2) is 18.9 Å². The Bertz CT molecular complexity index is 792. The normalized spacial score (nSPS) is 10.9. The molecule has 0 aliphatic heterocycles. The Morgan fingerprint density at radius 3 is 2.36 bits per heavy atom. The number of aryl methyl sites for hydroxylation is 1. The molecular formula is C20H24N2O3. The summed E-state index contributed by atoms with van der Waals surface area (Å²) in [4.78, 5) is 24.6. The van der Waals surface area contributed by atoms with Gasteiger partial charge in [-0.25, -0.2) is 0 Å². The first-order valence-electron chi connectivity index (χ1n) is 8.08. The van der Waals surface area contributed by atoms with Crippen LogP contribution in [0.25, 0.3) is 0 Å². The average Bonchev–Trinajstić information content (AvgIpc) is 2.54. The van der Waals surface area contributed by atoms with E-state index in [4.69, 9.17) is 4.74 Å². The van der Waals surface area contributed by atoms with Crippen LogP contribution in [0, 0.1) is 12.3 Å². The van der Waals surface area contributed by atoms with E-state index in [1.165, 1.54) is 0 Å². The molecule has 0 saturated heterocycles. The molecular weight excluding hydrogens is 316 g/mol. The summed E-state index contributed by atoms with van der Waals surface area (Å²) in [7, 11) is 1.56. The van der Waals surface area contributed by atoms with Crippen LogP contribution in [0.4, 0.5) is 11.4 Å².